The van der Waals surface area contributed by atoms with Gasteiger partial charge in [0, 0.05) is 0 Å². The second-order valence-electron chi connectivity index (χ2n) is 35.6. The van der Waals surface area contributed by atoms with Gasteiger partial charge in [0.05, 0.1) is 0 Å². The molecule has 0 spiro atoms. The van der Waals surface area contributed by atoms with Crippen molar-refractivity contribution in [3.05, 3.63) is 144 Å². The first-order chi connectivity index (χ1) is 50.2. The Morgan fingerprint density at radius 3 is 0.574 bits per heavy atom. The smallest absolute Gasteiger partial charge is 0.0163 e. The largest absolute Gasteiger partial charge is 0.0885 e. The maximum absolute atomic E-state index is 2.38. The van der Waals surface area contributed by atoms with Crippen molar-refractivity contribution in [2.24, 2.45) is 59.2 Å². The molecule has 2 unspecified atom stereocenters. The Hall–Kier alpha value is -3.12. The maximum Gasteiger partial charge on any atom is -0.0163 e. The highest BCUT2D eigenvalue weighted by molar-refractivity contribution is 5.31. The number of fused-ring (bicyclic) bond motifs is 7. The summed E-state index contributed by atoms with van der Waals surface area (Å²) in [7, 11) is 0. The monoisotopic (exact) mass is 1600 g/mol. The van der Waals surface area contributed by atoms with Crippen LogP contribution in [-0.2, 0) is 25.7 Å². The van der Waals surface area contributed by atoms with Gasteiger partial charge in [-0.2, -0.15) is 0 Å². The summed E-state index contributed by atoms with van der Waals surface area (Å²) >= 11 is 0. The Bertz CT molecular complexity index is 2220. The lowest BCUT2D eigenvalue weighted by atomic mass is 9.56. The van der Waals surface area contributed by atoms with Crippen LogP contribution in [0.5, 0.6) is 0 Å². The SMILES string of the molecule is C.C.C.C.C.C.C.C.C.C.C.C.C.C.C1=CC2CCC1C2.C1=CCC=C1.C1=CCCC1.C1=CCCCC1.C1=CCCCCC1.C1C2CC3CC1CC(C2)C3.C1CC1.C1CC2CCC1C2.C1CCC1.C1CCC2CCCCC2C1.C1CCCC1.C1CCCCC1.C1CCCCCC1.c1ccc2c(c1)CCC2.c1ccc2c(c1)CCCC2. The topological polar surface area (TPSA) is 0 Å². The molecular formula is C115H220. The van der Waals surface area contributed by atoms with E-state index in [9.17, 15) is 0 Å². The third kappa shape index (κ3) is 60.1. The molecule has 23 rings (SSSR count). The summed E-state index contributed by atoms with van der Waals surface area (Å²) in [5, 5.41) is 0. The average Bonchev–Trinajstić information content (AvgIpc) is 1.77. The van der Waals surface area contributed by atoms with E-state index >= 15 is 0 Å². The fraction of sp³-hybridized carbons (Fsp3) is 0.791. The van der Waals surface area contributed by atoms with Crippen molar-refractivity contribution in [2.75, 3.05) is 0 Å². The van der Waals surface area contributed by atoms with Crippen molar-refractivity contribution in [2.45, 2.75) is 534 Å². The molecule has 2 aromatic rings. The molecule has 0 heteroatoms. The number of benzene rings is 2. The third-order valence-corrected chi connectivity index (χ3v) is 26.5. The lowest BCUT2D eigenvalue weighted by molar-refractivity contribution is 0.0198. The van der Waals surface area contributed by atoms with Gasteiger partial charge < -0.3 is 0 Å². The highest BCUT2D eigenvalue weighted by Crippen LogP contribution is 2.53. The van der Waals surface area contributed by atoms with Gasteiger partial charge in [-0.05, 0) is 268 Å². The zero-order valence-electron chi connectivity index (χ0n) is 66.7. The number of allylic oxidation sites excluding steroid dienone is 12. The fourth-order valence-corrected chi connectivity index (χ4v) is 20.0. The van der Waals surface area contributed by atoms with Gasteiger partial charge >= 0.3 is 0 Å². The standard InChI is InChI=1S/C10H16.C10H18.C10H12.C9H10.C7H12.C7H10.C7H14.C7H12.C6H12.C6H10.C5H10.C5H8.C5H6.C4H8.C3H6.14CH4/c1-7-2-9-4-8(1)5-10(3-7)6-9;2*1-2-6-10-8-4-3-7-9(10)5-1;1-2-5-9-7-3-6-8(9)4-1;2*1-2-7-4-3-6(1)5-7;2*1-2-4-6-7-5-3-1;2*1-2-4-6-5-3-1;3*1-2-4-5-3-1;1-2-4-3-1;1-2-3-1;;;;;;;;;;;;;;/h7-10H,1-6H2;9-10H,1-8H2;1-2,5-6H,3-4,7-8H2;1-2,4-5H,3,6-7H2;6-7H,1-5H2;1-2,6-7H,3-5H2;1-7H2;1-2H,3-7H2;1-6H2;1-2H,3-6H2;1-5H2;1-2H,3-5H2;1-4H,5H2;1-4H2;1-3H2;14*1H4. The molecule has 14 saturated carbocycles. The van der Waals surface area contributed by atoms with E-state index in [-0.39, 0.29) is 104 Å². The molecule has 0 saturated heterocycles. The molecule has 21 aliphatic rings. The summed E-state index contributed by atoms with van der Waals surface area (Å²) in [4.78, 5) is 0. The first-order valence-electron chi connectivity index (χ1n) is 46.3. The predicted octanol–water partition coefficient (Wildman–Crippen LogP) is 41.6. The first-order valence-corrected chi connectivity index (χ1v) is 46.3. The van der Waals surface area contributed by atoms with Crippen LogP contribution in [0.2, 0.25) is 0 Å². The second-order valence-corrected chi connectivity index (χ2v) is 35.6. The molecule has 680 valence electrons. The van der Waals surface area contributed by atoms with Crippen LogP contribution < -0.4 is 0 Å². The van der Waals surface area contributed by atoms with Gasteiger partial charge in [-0.1, -0.05) is 469 Å². The van der Waals surface area contributed by atoms with Gasteiger partial charge in [0.2, 0.25) is 0 Å². The number of hydrogen-bond donors (Lipinski definition) is 0. The normalized spacial score (nSPS) is 26.2. The molecule has 0 amide bonds. The van der Waals surface area contributed by atoms with Crippen LogP contribution in [0, 0.1) is 59.2 Å². The van der Waals surface area contributed by atoms with E-state index in [1.165, 1.54) is 363 Å². The molecule has 0 radical (unpaired) electrons. The first kappa shape index (κ1) is 125. The summed E-state index contributed by atoms with van der Waals surface area (Å²) in [6.45, 7) is 0. The highest BCUT2D eigenvalue weighted by Gasteiger charge is 2.42. The Balaban J connectivity index is -0.000000217. The minimum absolute atomic E-state index is 0. The summed E-state index contributed by atoms with van der Waals surface area (Å²) < 4.78 is 0. The van der Waals surface area contributed by atoms with Crippen molar-refractivity contribution >= 4 is 0 Å². The summed E-state index contributed by atoms with van der Waals surface area (Å²) in [6, 6.07) is 17.5. The molecular weight excluding hydrogens is 1380 g/mol. The van der Waals surface area contributed by atoms with Crippen molar-refractivity contribution in [1.82, 2.24) is 0 Å². The van der Waals surface area contributed by atoms with Crippen LogP contribution in [0.4, 0.5) is 0 Å². The van der Waals surface area contributed by atoms with Gasteiger partial charge in [-0.25, -0.2) is 0 Å². The number of aryl methyl sites for hydroxylation is 4. The molecule has 0 aliphatic heterocycles. The third-order valence-electron chi connectivity index (χ3n) is 26.5. The Labute approximate surface area is 732 Å². The second kappa shape index (κ2) is 84.5. The average molecular weight is 1600 g/mol. The van der Waals surface area contributed by atoms with Crippen LogP contribution in [0.25, 0.3) is 0 Å². The van der Waals surface area contributed by atoms with Crippen LogP contribution in [0.15, 0.2) is 121 Å². The Kier molecular flexibility index (Phi) is 91.9. The molecule has 21 aliphatic carbocycles. The van der Waals surface area contributed by atoms with Crippen molar-refractivity contribution in [3.8, 4) is 0 Å². The molecule has 0 nitrogen and oxygen atoms in total. The zero-order chi connectivity index (χ0) is 69.6. The van der Waals surface area contributed by atoms with Crippen LogP contribution >= 0.6 is 0 Å². The maximum atomic E-state index is 2.38. The molecule has 2 atom stereocenters. The van der Waals surface area contributed by atoms with E-state index in [2.05, 4.69) is 121 Å². The van der Waals surface area contributed by atoms with Crippen LogP contribution in [0.3, 0.4) is 0 Å². The highest BCUT2D eigenvalue weighted by atomic mass is 14.5. The van der Waals surface area contributed by atoms with E-state index < -0.39 is 0 Å². The lowest BCUT2D eigenvalue weighted by Gasteiger charge is -2.49. The number of rotatable bonds is 0. The van der Waals surface area contributed by atoms with Crippen molar-refractivity contribution < 1.29 is 0 Å². The van der Waals surface area contributed by atoms with Crippen molar-refractivity contribution in [1.29, 1.82) is 0 Å². The summed E-state index contributed by atoms with van der Waals surface area (Å²) in [5.74, 6) is 11.3. The molecule has 115 heavy (non-hydrogen) atoms. The van der Waals surface area contributed by atoms with E-state index in [4.69, 9.17) is 0 Å². The summed E-state index contributed by atoms with van der Waals surface area (Å²) in [5.41, 5.74) is 6.29. The van der Waals surface area contributed by atoms with Gasteiger partial charge in [0.15, 0.2) is 0 Å². The quantitative estimate of drug-likeness (QED) is 0.182. The van der Waals surface area contributed by atoms with Gasteiger partial charge in [-0.15, -0.1) is 0 Å². The minimum atomic E-state index is 0. The van der Waals surface area contributed by atoms with Gasteiger partial charge in [0.1, 0.15) is 0 Å². The molecule has 8 bridgehead atoms. The Morgan fingerprint density at radius 1 is 0.174 bits per heavy atom. The van der Waals surface area contributed by atoms with E-state index in [0.717, 1.165) is 30.1 Å². The van der Waals surface area contributed by atoms with Gasteiger partial charge in [0.25, 0.3) is 0 Å². The summed E-state index contributed by atoms with van der Waals surface area (Å²) in [6.07, 6.45) is 125. The molecule has 0 N–H and O–H groups in total. The minimum Gasteiger partial charge on any atom is -0.0885 e. The van der Waals surface area contributed by atoms with Crippen LogP contribution in [-0.4, -0.2) is 0 Å². The van der Waals surface area contributed by atoms with Gasteiger partial charge in [-0.3, -0.25) is 0 Å². The molecule has 0 aromatic heterocycles. The predicted molar refractivity (Wildman–Crippen MR) is 543 cm³/mol. The number of hydrogen-bond acceptors (Lipinski definition) is 0. The van der Waals surface area contributed by atoms with Crippen LogP contribution in [0.1, 0.15) is 531 Å². The van der Waals surface area contributed by atoms with Crippen molar-refractivity contribution in [3.63, 3.8) is 0 Å². The lowest BCUT2D eigenvalue weighted by Crippen LogP contribution is -2.38. The fourth-order valence-electron chi connectivity index (χ4n) is 20.0. The molecule has 0 heterocycles. The van der Waals surface area contributed by atoms with E-state index in [0.29, 0.717) is 0 Å². The molecule has 2 aromatic carbocycles. The zero-order valence-corrected chi connectivity index (χ0v) is 66.7. The molecule has 14 fully saturated rings. The Morgan fingerprint density at radius 2 is 0.391 bits per heavy atom. The van der Waals surface area contributed by atoms with E-state index in [1.54, 1.807) is 119 Å². The van der Waals surface area contributed by atoms with E-state index in [1.807, 2.05) is 0 Å².